The van der Waals surface area contributed by atoms with E-state index in [1.165, 1.54) is 17.1 Å². The average Bonchev–Trinajstić information content (AvgIpc) is 2.82. The van der Waals surface area contributed by atoms with Gasteiger partial charge in [0.25, 0.3) is 5.96 Å². The fourth-order valence-corrected chi connectivity index (χ4v) is 1.38. The zero-order valence-electron chi connectivity index (χ0n) is 9.28. The van der Waals surface area contributed by atoms with Crippen LogP contribution in [-0.4, -0.2) is 20.9 Å². The number of hydrogen-bond donors (Lipinski definition) is 3. The Labute approximate surface area is 103 Å². The zero-order valence-corrected chi connectivity index (χ0v) is 9.28. The highest BCUT2D eigenvalue weighted by Gasteiger charge is 2.05. The van der Waals surface area contributed by atoms with E-state index in [0.717, 1.165) is 0 Å². The second kappa shape index (κ2) is 4.88. The third kappa shape index (κ3) is 2.38. The first-order valence-electron chi connectivity index (χ1n) is 5.02. The Morgan fingerprint density at radius 3 is 3.00 bits per heavy atom. The number of nitrogens with one attached hydrogen (secondary N) is 1. The van der Waals surface area contributed by atoms with E-state index in [-0.39, 0.29) is 5.96 Å². The molecule has 0 atom stereocenters. The Hall–Kier alpha value is -3.01. The van der Waals surface area contributed by atoms with Gasteiger partial charge in [-0.1, -0.05) is 6.07 Å². The van der Waals surface area contributed by atoms with Gasteiger partial charge in [-0.05, 0) is 23.4 Å². The summed E-state index contributed by atoms with van der Waals surface area (Å²) < 4.78 is 1.29. The van der Waals surface area contributed by atoms with Gasteiger partial charge < -0.3 is 16.3 Å². The van der Waals surface area contributed by atoms with E-state index in [1.54, 1.807) is 24.3 Å². The summed E-state index contributed by atoms with van der Waals surface area (Å²) in [6, 6.07) is 8.76. The van der Waals surface area contributed by atoms with Gasteiger partial charge in [-0.3, -0.25) is 0 Å². The molecule has 2 rings (SSSR count). The van der Waals surface area contributed by atoms with Gasteiger partial charge in [0.1, 0.15) is 0 Å². The lowest BCUT2D eigenvalue weighted by molar-refractivity contribution is 0.316. The normalized spacial score (nSPS) is 10.9. The third-order valence-corrected chi connectivity index (χ3v) is 2.16. The Bertz CT molecular complexity index is 624. The van der Waals surface area contributed by atoms with Crippen molar-refractivity contribution in [2.75, 3.05) is 11.1 Å². The lowest BCUT2D eigenvalue weighted by atomic mass is 10.2. The molecule has 0 bridgehead atoms. The van der Waals surface area contributed by atoms with E-state index >= 15 is 0 Å². The summed E-state index contributed by atoms with van der Waals surface area (Å²) in [7, 11) is 0. The fraction of sp³-hybridized carbons (Fsp3) is 0. The summed E-state index contributed by atoms with van der Waals surface area (Å²) in [4.78, 5) is 0. The summed E-state index contributed by atoms with van der Waals surface area (Å²) >= 11 is 0. The molecule has 0 unspecified atom stereocenters. The second-order valence-corrected chi connectivity index (χ2v) is 3.46. The number of oxime groups is 1. The van der Waals surface area contributed by atoms with Crippen molar-refractivity contribution in [2.45, 2.75) is 0 Å². The maximum absolute atomic E-state index is 8.94. The van der Waals surface area contributed by atoms with E-state index in [4.69, 9.17) is 16.2 Å². The van der Waals surface area contributed by atoms with Crippen LogP contribution in [0.1, 0.15) is 5.56 Å². The number of benzene rings is 1. The van der Waals surface area contributed by atoms with E-state index in [1.807, 2.05) is 6.07 Å². The molecule has 18 heavy (non-hydrogen) atoms. The van der Waals surface area contributed by atoms with Crippen molar-refractivity contribution in [3.8, 4) is 6.07 Å². The molecule has 0 saturated heterocycles. The molecule has 0 radical (unpaired) electrons. The molecule has 1 aromatic carbocycles. The molecule has 0 spiro atoms. The quantitative estimate of drug-likeness (QED) is 0.299. The predicted octanol–water partition coefficient (Wildman–Crippen LogP) is 1.04. The minimum atomic E-state index is 0.0850. The largest absolute Gasteiger partial charge is 0.408 e. The summed E-state index contributed by atoms with van der Waals surface area (Å²) in [5.74, 6) is 0.0850. The number of nitrogen functional groups attached to an aromatic ring is 1. The van der Waals surface area contributed by atoms with Gasteiger partial charge >= 0.3 is 0 Å². The second-order valence-electron chi connectivity index (χ2n) is 3.46. The van der Waals surface area contributed by atoms with Crippen molar-refractivity contribution in [1.29, 1.82) is 5.26 Å². The average molecular weight is 242 g/mol. The molecular formula is C11H10N6O. The molecule has 0 amide bonds. The van der Waals surface area contributed by atoms with Crippen LogP contribution in [0, 0.1) is 11.3 Å². The lowest BCUT2D eigenvalue weighted by Gasteiger charge is -2.07. The van der Waals surface area contributed by atoms with Crippen LogP contribution in [0.25, 0.3) is 0 Å². The van der Waals surface area contributed by atoms with Crippen LogP contribution in [0.2, 0.25) is 0 Å². The molecule has 1 aromatic heterocycles. The summed E-state index contributed by atoms with van der Waals surface area (Å²) in [6.07, 6.45) is 2.93. The molecule has 0 aliphatic carbocycles. The van der Waals surface area contributed by atoms with E-state index in [0.29, 0.717) is 16.9 Å². The van der Waals surface area contributed by atoms with Gasteiger partial charge in [-0.15, -0.1) is 0 Å². The van der Waals surface area contributed by atoms with Crippen molar-refractivity contribution < 1.29 is 5.21 Å². The standard InChI is InChI=1S/C11H10N6O/c12-5-8-2-1-3-10(4-8)15-11(16-18)17-7-9(13)6-14-17/h1-4,6-7,18H,13H2,(H,15,16). The Morgan fingerprint density at radius 2 is 2.39 bits per heavy atom. The molecular weight excluding hydrogens is 232 g/mol. The van der Waals surface area contributed by atoms with Crippen molar-refractivity contribution >= 4 is 17.3 Å². The number of aromatic nitrogens is 2. The number of anilines is 2. The molecule has 7 heteroatoms. The summed E-state index contributed by atoms with van der Waals surface area (Å²) in [6.45, 7) is 0. The Kier molecular flexibility index (Phi) is 3.11. The van der Waals surface area contributed by atoms with E-state index in [2.05, 4.69) is 15.6 Å². The van der Waals surface area contributed by atoms with Crippen LogP contribution < -0.4 is 11.1 Å². The number of nitriles is 1. The van der Waals surface area contributed by atoms with Crippen LogP contribution in [0.4, 0.5) is 11.4 Å². The first-order valence-corrected chi connectivity index (χ1v) is 5.02. The highest BCUT2D eigenvalue weighted by atomic mass is 16.4. The number of nitrogens with two attached hydrogens (primary N) is 1. The highest BCUT2D eigenvalue weighted by Crippen LogP contribution is 2.10. The van der Waals surface area contributed by atoms with Crippen LogP contribution in [0.3, 0.4) is 0 Å². The van der Waals surface area contributed by atoms with Gasteiger partial charge in [-0.2, -0.15) is 10.4 Å². The monoisotopic (exact) mass is 242 g/mol. The maximum atomic E-state index is 8.94. The zero-order chi connectivity index (χ0) is 13.0. The first-order chi connectivity index (χ1) is 8.72. The smallest absolute Gasteiger partial charge is 0.265 e. The highest BCUT2D eigenvalue weighted by molar-refractivity contribution is 5.94. The van der Waals surface area contributed by atoms with Gasteiger partial charge in [0.2, 0.25) is 0 Å². The van der Waals surface area contributed by atoms with Gasteiger partial charge in [0, 0.05) is 5.69 Å². The number of rotatable bonds is 1. The van der Waals surface area contributed by atoms with Crippen LogP contribution in [-0.2, 0) is 0 Å². The molecule has 0 aliphatic heterocycles. The number of hydrogen-bond acceptors (Lipinski definition) is 5. The maximum Gasteiger partial charge on any atom is 0.265 e. The van der Waals surface area contributed by atoms with Crippen molar-refractivity contribution in [2.24, 2.45) is 5.16 Å². The van der Waals surface area contributed by atoms with E-state index in [9.17, 15) is 0 Å². The van der Waals surface area contributed by atoms with E-state index < -0.39 is 0 Å². The number of nitrogens with zero attached hydrogens (tertiary/aromatic N) is 4. The van der Waals surface area contributed by atoms with Crippen molar-refractivity contribution in [3.63, 3.8) is 0 Å². The van der Waals surface area contributed by atoms with Gasteiger partial charge in [-0.25, -0.2) is 4.68 Å². The topological polar surface area (TPSA) is 112 Å². The Morgan fingerprint density at radius 1 is 1.56 bits per heavy atom. The molecule has 1 heterocycles. The molecule has 2 aromatic rings. The summed E-state index contributed by atoms with van der Waals surface area (Å²) in [5.41, 5.74) is 7.07. The molecule has 7 nitrogen and oxygen atoms in total. The van der Waals surface area contributed by atoms with Gasteiger partial charge in [0.15, 0.2) is 0 Å². The minimum Gasteiger partial charge on any atom is -0.408 e. The third-order valence-electron chi connectivity index (χ3n) is 2.16. The minimum absolute atomic E-state index is 0.0850. The molecule has 0 fully saturated rings. The van der Waals surface area contributed by atoms with Crippen molar-refractivity contribution in [3.05, 3.63) is 42.2 Å². The SMILES string of the molecule is N#Cc1cccc(NC(=NO)n2cc(N)cn2)c1. The molecule has 90 valence electrons. The van der Waals surface area contributed by atoms with Gasteiger partial charge in [0.05, 0.1) is 29.7 Å². The Balaban J connectivity index is 2.24. The van der Waals surface area contributed by atoms with Crippen LogP contribution >= 0.6 is 0 Å². The first kappa shape index (κ1) is 11.5. The summed E-state index contributed by atoms with van der Waals surface area (Å²) in [5, 5.41) is 27.5. The molecule has 0 saturated carbocycles. The molecule has 4 N–H and O–H groups in total. The fourth-order valence-electron chi connectivity index (χ4n) is 1.38. The van der Waals surface area contributed by atoms with Crippen molar-refractivity contribution in [1.82, 2.24) is 9.78 Å². The lowest BCUT2D eigenvalue weighted by Crippen LogP contribution is -2.22. The van der Waals surface area contributed by atoms with Crippen LogP contribution in [0.15, 0.2) is 41.8 Å². The predicted molar refractivity (Wildman–Crippen MR) is 66.0 cm³/mol. The molecule has 0 aliphatic rings. The van der Waals surface area contributed by atoms with Crippen LogP contribution in [0.5, 0.6) is 0 Å².